The summed E-state index contributed by atoms with van der Waals surface area (Å²) in [6.45, 7) is 1.83. The summed E-state index contributed by atoms with van der Waals surface area (Å²) < 4.78 is 10.5. The van der Waals surface area contributed by atoms with Crippen LogP contribution in [0.2, 0.25) is 0 Å². The van der Waals surface area contributed by atoms with E-state index in [2.05, 4.69) is 15.3 Å². The molecule has 8 heteroatoms. The SMILES string of the molecule is COCCN1CC(CNC(=O)c2ccc3nc[nH]c3c2)OCC1=O. The van der Waals surface area contributed by atoms with E-state index in [1.165, 1.54) is 0 Å². The van der Waals surface area contributed by atoms with Crippen LogP contribution in [0.15, 0.2) is 24.5 Å². The molecule has 0 aliphatic carbocycles. The van der Waals surface area contributed by atoms with Crippen LogP contribution in [0.25, 0.3) is 11.0 Å². The van der Waals surface area contributed by atoms with Gasteiger partial charge in [0.15, 0.2) is 0 Å². The molecular formula is C16H20N4O4. The minimum atomic E-state index is -0.223. The average Bonchev–Trinajstić information content (AvgIpc) is 3.07. The van der Waals surface area contributed by atoms with Crippen LogP contribution in [-0.2, 0) is 14.3 Å². The molecule has 2 heterocycles. The van der Waals surface area contributed by atoms with Crippen LogP contribution in [0.1, 0.15) is 10.4 Å². The molecular weight excluding hydrogens is 312 g/mol. The molecule has 0 saturated carbocycles. The maximum Gasteiger partial charge on any atom is 0.251 e. The van der Waals surface area contributed by atoms with E-state index < -0.39 is 0 Å². The number of benzene rings is 1. The number of rotatable bonds is 6. The van der Waals surface area contributed by atoms with E-state index in [1.807, 2.05) is 0 Å². The number of ether oxygens (including phenoxy) is 2. The Morgan fingerprint density at radius 1 is 1.54 bits per heavy atom. The monoisotopic (exact) mass is 332 g/mol. The summed E-state index contributed by atoms with van der Waals surface area (Å²) in [6, 6.07) is 5.28. The number of nitrogens with zero attached hydrogens (tertiary/aromatic N) is 2. The number of methoxy groups -OCH3 is 1. The lowest BCUT2D eigenvalue weighted by atomic mass is 10.2. The Morgan fingerprint density at radius 2 is 2.42 bits per heavy atom. The number of hydrogen-bond acceptors (Lipinski definition) is 5. The second-order valence-corrected chi connectivity index (χ2v) is 5.61. The fraction of sp³-hybridized carbons (Fsp3) is 0.438. The molecule has 24 heavy (non-hydrogen) atoms. The number of H-pyrrole nitrogens is 1. The molecule has 1 aliphatic rings. The maximum atomic E-state index is 12.3. The normalized spacial score (nSPS) is 18.1. The Balaban J connectivity index is 1.54. The highest BCUT2D eigenvalue weighted by atomic mass is 16.5. The number of morpholine rings is 1. The molecule has 2 amide bonds. The molecule has 1 aromatic carbocycles. The van der Waals surface area contributed by atoms with Gasteiger partial charge in [0.25, 0.3) is 5.91 Å². The Morgan fingerprint density at radius 3 is 3.25 bits per heavy atom. The minimum absolute atomic E-state index is 0.0321. The molecule has 1 unspecified atom stereocenters. The van der Waals surface area contributed by atoms with Crippen molar-refractivity contribution in [1.29, 1.82) is 0 Å². The first-order chi connectivity index (χ1) is 11.7. The number of imidazole rings is 1. The molecule has 1 aromatic heterocycles. The van der Waals surface area contributed by atoms with E-state index in [0.29, 0.717) is 31.8 Å². The quantitative estimate of drug-likeness (QED) is 0.786. The van der Waals surface area contributed by atoms with Crippen molar-refractivity contribution in [2.75, 3.05) is 40.0 Å². The number of aromatic nitrogens is 2. The lowest BCUT2D eigenvalue weighted by Gasteiger charge is -2.32. The number of nitrogens with one attached hydrogen (secondary N) is 2. The molecule has 2 aromatic rings. The van der Waals surface area contributed by atoms with Gasteiger partial charge in [0.05, 0.1) is 30.1 Å². The van der Waals surface area contributed by atoms with Crippen molar-refractivity contribution < 1.29 is 19.1 Å². The molecule has 1 saturated heterocycles. The highest BCUT2D eigenvalue weighted by Crippen LogP contribution is 2.12. The lowest BCUT2D eigenvalue weighted by Crippen LogP contribution is -2.51. The summed E-state index contributed by atoms with van der Waals surface area (Å²) in [5, 5.41) is 2.85. The topological polar surface area (TPSA) is 96.6 Å². The molecule has 0 spiro atoms. The predicted octanol–water partition coefficient (Wildman–Crippen LogP) is 0.167. The van der Waals surface area contributed by atoms with Crippen molar-refractivity contribution in [1.82, 2.24) is 20.2 Å². The van der Waals surface area contributed by atoms with Crippen LogP contribution in [-0.4, -0.2) is 72.7 Å². The van der Waals surface area contributed by atoms with E-state index >= 15 is 0 Å². The zero-order valence-electron chi connectivity index (χ0n) is 13.4. The van der Waals surface area contributed by atoms with Gasteiger partial charge >= 0.3 is 0 Å². The van der Waals surface area contributed by atoms with Gasteiger partial charge < -0.3 is 24.7 Å². The Bertz CT molecular complexity index is 730. The highest BCUT2D eigenvalue weighted by Gasteiger charge is 2.26. The molecule has 128 valence electrons. The summed E-state index contributed by atoms with van der Waals surface area (Å²) in [6.07, 6.45) is 1.37. The van der Waals surface area contributed by atoms with Crippen molar-refractivity contribution in [3.8, 4) is 0 Å². The lowest BCUT2D eigenvalue weighted by molar-refractivity contribution is -0.149. The number of fused-ring (bicyclic) bond motifs is 1. The predicted molar refractivity (Wildman–Crippen MR) is 86.6 cm³/mol. The summed E-state index contributed by atoms with van der Waals surface area (Å²) >= 11 is 0. The number of carbonyl (C=O) groups is 2. The fourth-order valence-corrected chi connectivity index (χ4v) is 2.61. The number of carbonyl (C=O) groups excluding carboxylic acids is 2. The zero-order chi connectivity index (χ0) is 16.9. The third-order valence-electron chi connectivity index (χ3n) is 3.96. The third-order valence-corrected chi connectivity index (χ3v) is 3.96. The number of aromatic amines is 1. The van der Waals surface area contributed by atoms with Gasteiger partial charge in [-0.25, -0.2) is 4.98 Å². The molecule has 8 nitrogen and oxygen atoms in total. The zero-order valence-corrected chi connectivity index (χ0v) is 13.4. The third kappa shape index (κ3) is 3.72. The Labute approximate surface area is 139 Å². The van der Waals surface area contributed by atoms with Gasteiger partial charge in [0.2, 0.25) is 5.91 Å². The van der Waals surface area contributed by atoms with Crippen LogP contribution >= 0.6 is 0 Å². The number of amides is 2. The smallest absolute Gasteiger partial charge is 0.251 e. The van der Waals surface area contributed by atoms with E-state index in [9.17, 15) is 9.59 Å². The fourth-order valence-electron chi connectivity index (χ4n) is 2.61. The van der Waals surface area contributed by atoms with Gasteiger partial charge in [-0.3, -0.25) is 9.59 Å². The molecule has 1 atom stereocenters. The van der Waals surface area contributed by atoms with Crippen molar-refractivity contribution in [3.05, 3.63) is 30.1 Å². The first-order valence-electron chi connectivity index (χ1n) is 7.77. The summed E-state index contributed by atoms with van der Waals surface area (Å²) in [4.78, 5) is 32.8. The van der Waals surface area contributed by atoms with Crippen molar-refractivity contribution in [3.63, 3.8) is 0 Å². The summed E-state index contributed by atoms with van der Waals surface area (Å²) in [5.41, 5.74) is 2.18. The van der Waals surface area contributed by atoms with Crippen LogP contribution in [0.5, 0.6) is 0 Å². The van der Waals surface area contributed by atoms with E-state index in [0.717, 1.165) is 11.0 Å². The first kappa shape index (κ1) is 16.4. The molecule has 3 rings (SSSR count). The van der Waals surface area contributed by atoms with Gasteiger partial charge in [-0.2, -0.15) is 0 Å². The van der Waals surface area contributed by atoms with Gasteiger partial charge in [-0.1, -0.05) is 0 Å². The largest absolute Gasteiger partial charge is 0.383 e. The van der Waals surface area contributed by atoms with Crippen LogP contribution in [0.4, 0.5) is 0 Å². The van der Waals surface area contributed by atoms with Gasteiger partial charge in [0, 0.05) is 32.3 Å². The van der Waals surface area contributed by atoms with E-state index in [1.54, 1.807) is 36.5 Å². The average molecular weight is 332 g/mol. The summed E-state index contributed by atoms with van der Waals surface area (Å²) in [5.74, 6) is -0.241. The minimum Gasteiger partial charge on any atom is -0.383 e. The van der Waals surface area contributed by atoms with E-state index in [-0.39, 0.29) is 24.5 Å². The van der Waals surface area contributed by atoms with Gasteiger partial charge in [-0.05, 0) is 18.2 Å². The standard InChI is InChI=1S/C16H20N4O4/c1-23-5-4-20-8-12(24-9-15(20)21)7-17-16(22)11-2-3-13-14(6-11)19-10-18-13/h2-3,6,10,12H,4-5,7-9H2,1H3,(H,17,22)(H,18,19). The second-order valence-electron chi connectivity index (χ2n) is 5.61. The number of hydrogen-bond donors (Lipinski definition) is 2. The first-order valence-corrected chi connectivity index (χ1v) is 7.77. The van der Waals surface area contributed by atoms with Crippen LogP contribution < -0.4 is 5.32 Å². The second kappa shape index (κ2) is 7.41. The van der Waals surface area contributed by atoms with E-state index in [4.69, 9.17) is 9.47 Å². The van der Waals surface area contributed by atoms with Gasteiger partial charge in [-0.15, -0.1) is 0 Å². The molecule has 1 fully saturated rings. The molecule has 1 aliphatic heterocycles. The Hall–Kier alpha value is -2.45. The van der Waals surface area contributed by atoms with Crippen molar-refractivity contribution in [2.24, 2.45) is 0 Å². The summed E-state index contributed by atoms with van der Waals surface area (Å²) in [7, 11) is 1.60. The van der Waals surface area contributed by atoms with Crippen LogP contribution in [0.3, 0.4) is 0 Å². The van der Waals surface area contributed by atoms with Crippen LogP contribution in [0, 0.1) is 0 Å². The van der Waals surface area contributed by atoms with Crippen molar-refractivity contribution in [2.45, 2.75) is 6.10 Å². The highest BCUT2D eigenvalue weighted by molar-refractivity contribution is 5.97. The van der Waals surface area contributed by atoms with Gasteiger partial charge in [0.1, 0.15) is 6.61 Å². The van der Waals surface area contributed by atoms with Crippen molar-refractivity contribution >= 4 is 22.8 Å². The maximum absolute atomic E-state index is 12.3. The molecule has 0 radical (unpaired) electrons. The molecule has 2 N–H and O–H groups in total. The Kier molecular flexibility index (Phi) is 5.07. The molecule has 0 bridgehead atoms.